The van der Waals surface area contributed by atoms with Gasteiger partial charge in [-0.3, -0.25) is 0 Å². The summed E-state index contributed by atoms with van der Waals surface area (Å²) in [6.45, 7) is 0. The molecule has 10 heteroatoms. The molecule has 17 rings (SSSR count). The average molecular weight is 1170 g/mol. The molecule has 1 aliphatic heterocycles. The highest BCUT2D eigenvalue weighted by atomic mass is 32.1. The molecule has 1 aliphatic rings. The van der Waals surface area contributed by atoms with Gasteiger partial charge in [0.25, 0.3) is 0 Å². The molecule has 16 aromatic rings. The molecule has 0 unspecified atom stereocenters. The van der Waals surface area contributed by atoms with E-state index in [0.717, 1.165) is 167 Å². The quantitative estimate of drug-likeness (QED) is 0.136. The molecule has 0 fully saturated rings. The first-order chi connectivity index (χ1) is 42.6. The summed E-state index contributed by atoms with van der Waals surface area (Å²) in [5, 5.41) is 3.88. The standard InChI is InChI=1S/C76H45N5OS4/c1-9-33-66-58(25-1)77-73(83-66)51-21-13-17-47(41-51)57-45-56(46-37-39-55(40-38-46)81-62-29-5-7-31-64(62)82-65-32-8-6-30-63(65)81)70(48-18-14-22-52(42-48)74-78-59-26-2-10-34-67(59)84-74)72(50-20-16-24-54(44-50)76-80-61-28-4-12-36-69(61)86-76)71(57)49-19-15-23-53(43-49)75-79-60-27-3-11-35-68(60)85-75/h1-45H. The number of thiazole rings is 4. The number of aromatic nitrogens is 4. The van der Waals surface area contributed by atoms with E-state index in [9.17, 15) is 0 Å². The summed E-state index contributed by atoms with van der Waals surface area (Å²) in [4.78, 5) is 23.2. The van der Waals surface area contributed by atoms with Gasteiger partial charge in [-0.2, -0.15) is 0 Å². The first-order valence-corrected chi connectivity index (χ1v) is 31.7. The maximum absolute atomic E-state index is 6.50. The maximum Gasteiger partial charge on any atom is 0.151 e. The number of hydrogen-bond donors (Lipinski definition) is 0. The molecule has 0 saturated carbocycles. The van der Waals surface area contributed by atoms with Gasteiger partial charge in [-0.05, 0) is 171 Å². The molecular formula is C76H45N5OS4. The van der Waals surface area contributed by atoms with Crippen molar-refractivity contribution in [2.45, 2.75) is 0 Å². The van der Waals surface area contributed by atoms with Gasteiger partial charge in [-0.1, -0.05) is 158 Å². The molecule has 0 atom stereocenters. The molecule has 0 spiro atoms. The fourth-order valence-electron chi connectivity index (χ4n) is 12.0. The second-order valence-electron chi connectivity index (χ2n) is 21.3. The molecule has 86 heavy (non-hydrogen) atoms. The first-order valence-electron chi connectivity index (χ1n) is 28.4. The van der Waals surface area contributed by atoms with Gasteiger partial charge in [0.2, 0.25) is 0 Å². The van der Waals surface area contributed by atoms with E-state index in [4.69, 9.17) is 24.7 Å². The van der Waals surface area contributed by atoms with Crippen LogP contribution in [0.1, 0.15) is 0 Å². The third kappa shape index (κ3) is 8.89. The van der Waals surface area contributed by atoms with Crippen molar-refractivity contribution in [2.24, 2.45) is 0 Å². The zero-order chi connectivity index (χ0) is 56.7. The van der Waals surface area contributed by atoms with Gasteiger partial charge in [0.15, 0.2) is 11.5 Å². The van der Waals surface area contributed by atoms with Crippen LogP contribution in [0.15, 0.2) is 273 Å². The SMILES string of the molecule is c1cc(-c2nc3ccccc3s2)cc(-c2cc(-c3ccc(N4c5ccccc5Oc5ccccc54)cc3)c(-c3cccc(-c4nc5ccccc5s4)c3)c(-c3cccc(-c4nc5ccccc5s4)c3)c2-c2cccc(-c3nc4ccccc4s3)c2)c1. The van der Waals surface area contributed by atoms with E-state index in [1.54, 1.807) is 45.3 Å². The number of hydrogen-bond acceptors (Lipinski definition) is 10. The molecule has 0 radical (unpaired) electrons. The van der Waals surface area contributed by atoms with Crippen molar-refractivity contribution in [3.05, 3.63) is 273 Å². The van der Waals surface area contributed by atoms with E-state index in [1.165, 1.54) is 0 Å². The van der Waals surface area contributed by atoms with Gasteiger partial charge < -0.3 is 9.64 Å². The Morgan fingerprint density at radius 2 is 0.581 bits per heavy atom. The van der Waals surface area contributed by atoms with Gasteiger partial charge in [0.05, 0.1) is 52.2 Å². The molecule has 0 aliphatic carbocycles. The zero-order valence-corrected chi connectivity index (χ0v) is 49.0. The predicted octanol–water partition coefficient (Wildman–Crippen LogP) is 22.7. The number of para-hydroxylation sites is 8. The molecule has 0 amide bonds. The van der Waals surface area contributed by atoms with E-state index < -0.39 is 0 Å². The Kier molecular flexibility index (Phi) is 12.2. The summed E-state index contributed by atoms with van der Waals surface area (Å²) < 4.78 is 11.1. The summed E-state index contributed by atoms with van der Waals surface area (Å²) >= 11 is 6.90. The highest BCUT2D eigenvalue weighted by molar-refractivity contribution is 7.22. The van der Waals surface area contributed by atoms with E-state index >= 15 is 0 Å². The van der Waals surface area contributed by atoms with Gasteiger partial charge in [-0.25, -0.2) is 19.9 Å². The van der Waals surface area contributed by atoms with E-state index in [2.05, 4.69) is 254 Å². The van der Waals surface area contributed by atoms with E-state index in [1.807, 2.05) is 24.3 Å². The minimum atomic E-state index is 0.809. The lowest BCUT2D eigenvalue weighted by atomic mass is 9.78. The smallest absolute Gasteiger partial charge is 0.151 e. The van der Waals surface area contributed by atoms with Crippen LogP contribution in [0.25, 0.3) is 139 Å². The lowest BCUT2D eigenvalue weighted by molar-refractivity contribution is 0.477. The Balaban J connectivity index is 0.972. The fraction of sp³-hybridized carbons (Fsp3) is 0. The monoisotopic (exact) mass is 1170 g/mol. The lowest BCUT2D eigenvalue weighted by Crippen LogP contribution is -2.15. The van der Waals surface area contributed by atoms with Crippen LogP contribution in [0.3, 0.4) is 0 Å². The van der Waals surface area contributed by atoms with Crippen LogP contribution in [-0.4, -0.2) is 19.9 Å². The largest absolute Gasteiger partial charge is 0.453 e. The molecule has 404 valence electrons. The first kappa shape index (κ1) is 50.3. The maximum atomic E-state index is 6.50. The zero-order valence-electron chi connectivity index (χ0n) is 45.8. The second-order valence-corrected chi connectivity index (χ2v) is 25.4. The molecule has 5 heterocycles. The van der Waals surface area contributed by atoms with Crippen LogP contribution in [0.2, 0.25) is 0 Å². The number of benzene rings is 12. The number of anilines is 3. The highest BCUT2D eigenvalue weighted by Crippen LogP contribution is 2.54. The third-order valence-electron chi connectivity index (χ3n) is 16.0. The molecular weight excluding hydrogens is 1130 g/mol. The number of ether oxygens (including phenoxy) is 1. The van der Waals surface area contributed by atoms with Crippen molar-refractivity contribution in [3.8, 4) is 109 Å². The normalized spacial score (nSPS) is 12.0. The Morgan fingerprint density at radius 1 is 0.256 bits per heavy atom. The fourth-order valence-corrected chi connectivity index (χ4v) is 15.9. The number of fused-ring (bicyclic) bond motifs is 6. The van der Waals surface area contributed by atoms with Crippen LogP contribution >= 0.6 is 45.3 Å². The second kappa shape index (κ2) is 20.8. The van der Waals surface area contributed by atoms with Crippen LogP contribution < -0.4 is 9.64 Å². The Bertz CT molecular complexity index is 5150. The molecule has 12 aromatic carbocycles. The lowest BCUT2D eigenvalue weighted by Gasteiger charge is -2.33. The van der Waals surface area contributed by atoms with Crippen molar-refractivity contribution in [3.63, 3.8) is 0 Å². The Morgan fingerprint density at radius 3 is 0.988 bits per heavy atom. The van der Waals surface area contributed by atoms with Crippen molar-refractivity contribution in [1.29, 1.82) is 0 Å². The molecule has 0 bridgehead atoms. The number of rotatable bonds is 10. The molecule has 0 saturated heterocycles. The van der Waals surface area contributed by atoms with Gasteiger partial charge in [0, 0.05) is 27.9 Å². The van der Waals surface area contributed by atoms with Crippen molar-refractivity contribution in [1.82, 2.24) is 19.9 Å². The summed E-state index contributed by atoms with van der Waals surface area (Å²) in [6, 6.07) is 97.8. The van der Waals surface area contributed by atoms with Crippen LogP contribution in [0, 0.1) is 0 Å². The van der Waals surface area contributed by atoms with Crippen molar-refractivity contribution >= 4 is 103 Å². The topological polar surface area (TPSA) is 64.0 Å². The van der Waals surface area contributed by atoms with Gasteiger partial charge in [0.1, 0.15) is 20.0 Å². The third-order valence-corrected chi connectivity index (χ3v) is 20.3. The van der Waals surface area contributed by atoms with E-state index in [-0.39, 0.29) is 0 Å². The minimum Gasteiger partial charge on any atom is -0.453 e. The van der Waals surface area contributed by atoms with Crippen LogP contribution in [0.4, 0.5) is 17.1 Å². The van der Waals surface area contributed by atoms with Crippen molar-refractivity contribution < 1.29 is 4.74 Å². The van der Waals surface area contributed by atoms with E-state index in [0.29, 0.717) is 0 Å². The summed E-state index contributed by atoms with van der Waals surface area (Å²) in [5.74, 6) is 1.62. The van der Waals surface area contributed by atoms with Crippen LogP contribution in [-0.2, 0) is 0 Å². The molecule has 0 N–H and O–H groups in total. The Hall–Kier alpha value is -10.2. The van der Waals surface area contributed by atoms with Crippen molar-refractivity contribution in [2.75, 3.05) is 4.90 Å². The Labute approximate surface area is 511 Å². The van der Waals surface area contributed by atoms with Gasteiger partial charge in [-0.15, -0.1) is 45.3 Å². The predicted molar refractivity (Wildman–Crippen MR) is 363 cm³/mol. The number of nitrogens with zero attached hydrogens (tertiary/aromatic N) is 5. The summed E-state index contributed by atoms with van der Waals surface area (Å²) in [6.07, 6.45) is 0. The highest BCUT2D eigenvalue weighted by Gasteiger charge is 2.29. The minimum absolute atomic E-state index is 0.809. The molecule has 6 nitrogen and oxygen atoms in total. The summed E-state index contributed by atoms with van der Waals surface area (Å²) in [7, 11) is 0. The summed E-state index contributed by atoms with van der Waals surface area (Å²) in [5.41, 5.74) is 21.9. The van der Waals surface area contributed by atoms with Crippen LogP contribution in [0.5, 0.6) is 11.5 Å². The average Bonchev–Trinajstić information content (AvgIpc) is 1.57. The van der Waals surface area contributed by atoms with Gasteiger partial charge >= 0.3 is 0 Å². The molecule has 4 aromatic heterocycles.